The molecule has 1 aromatic carbocycles. The van der Waals surface area contributed by atoms with E-state index in [-0.39, 0.29) is 22.8 Å². The molecule has 2 saturated carbocycles. The van der Waals surface area contributed by atoms with Gasteiger partial charge in [0.15, 0.2) is 0 Å². The van der Waals surface area contributed by atoms with Gasteiger partial charge in [-0.1, -0.05) is 43.7 Å². The minimum atomic E-state index is -0.0877. The zero-order chi connectivity index (χ0) is 25.2. The van der Waals surface area contributed by atoms with E-state index in [1.54, 1.807) is 17.8 Å². The second-order valence-corrected chi connectivity index (χ2v) is 12.2. The van der Waals surface area contributed by atoms with Crippen molar-refractivity contribution in [2.75, 3.05) is 0 Å². The number of rotatable bonds is 3. The quantitative estimate of drug-likeness (QED) is 0.452. The van der Waals surface area contributed by atoms with E-state index in [2.05, 4.69) is 70.1 Å². The number of benzene rings is 1. The summed E-state index contributed by atoms with van der Waals surface area (Å²) in [6.45, 7) is 5.04. The normalized spacial score (nSPS) is 34.6. The van der Waals surface area contributed by atoms with Gasteiger partial charge in [-0.3, -0.25) is 4.79 Å². The molecule has 37 heavy (non-hydrogen) atoms. The number of imidazole rings is 1. The van der Waals surface area contributed by atoms with Crippen LogP contribution in [0.3, 0.4) is 0 Å². The van der Waals surface area contributed by atoms with Gasteiger partial charge in [0.2, 0.25) is 0 Å². The molecule has 0 aliphatic heterocycles. The molecule has 4 aliphatic rings. The molecule has 7 rings (SSSR count). The number of fused-ring (bicyclic) bond motifs is 6. The van der Waals surface area contributed by atoms with Crippen LogP contribution in [0, 0.1) is 28.6 Å². The third kappa shape index (κ3) is 3.44. The Labute approximate surface area is 218 Å². The highest BCUT2D eigenvalue weighted by Crippen LogP contribution is 2.65. The predicted octanol–water partition coefficient (Wildman–Crippen LogP) is 6.04. The molecule has 1 amide bonds. The molecule has 4 aliphatic carbocycles. The fourth-order valence-corrected chi connectivity index (χ4v) is 8.54. The first-order chi connectivity index (χ1) is 18.0. The van der Waals surface area contributed by atoms with Crippen LogP contribution >= 0.6 is 0 Å². The number of carbonyl (C=O) groups is 1. The van der Waals surface area contributed by atoms with Gasteiger partial charge in [0.1, 0.15) is 18.3 Å². The summed E-state index contributed by atoms with van der Waals surface area (Å²) in [7, 11) is 0. The molecule has 0 bridgehead atoms. The molecular weight excluding hydrogens is 458 g/mol. The van der Waals surface area contributed by atoms with Gasteiger partial charge in [0.05, 0.1) is 11.0 Å². The predicted molar refractivity (Wildman–Crippen MR) is 144 cm³/mol. The lowest BCUT2D eigenvalue weighted by Crippen LogP contribution is -2.51. The highest BCUT2D eigenvalue weighted by atomic mass is 16.1. The van der Waals surface area contributed by atoms with Gasteiger partial charge >= 0.3 is 0 Å². The van der Waals surface area contributed by atoms with Crippen LogP contribution in [0.15, 0.2) is 66.9 Å². The molecule has 190 valence electrons. The standard InChI is InChI=1S/C31H35N5O/c1-30-14-11-21(35-29(37)26-13-16-32-18-33-26)17-20(30)7-8-22-23-9-10-28(31(23,2)15-12-24(22)30)36-19-34-25-5-3-4-6-27(25)36/h3-7,10,13,16,18-19,21-24H,8-9,11-12,14-15,17H2,1-2H3,(H,35,37)/t21-,22-,23-,24-,30-,31-/m0/s1. The van der Waals surface area contributed by atoms with Crippen molar-refractivity contribution < 1.29 is 4.79 Å². The number of allylic oxidation sites excluding steroid dienone is 3. The van der Waals surface area contributed by atoms with E-state index in [1.807, 2.05) is 6.33 Å². The minimum absolute atomic E-state index is 0.0877. The van der Waals surface area contributed by atoms with Crippen LogP contribution in [-0.4, -0.2) is 31.5 Å². The summed E-state index contributed by atoms with van der Waals surface area (Å²) in [4.78, 5) is 25.5. The zero-order valence-electron chi connectivity index (χ0n) is 21.7. The summed E-state index contributed by atoms with van der Waals surface area (Å²) >= 11 is 0. The van der Waals surface area contributed by atoms with Crippen LogP contribution in [0.2, 0.25) is 0 Å². The third-order valence-electron chi connectivity index (χ3n) is 10.5. The molecule has 6 nitrogen and oxygen atoms in total. The van der Waals surface area contributed by atoms with Crippen LogP contribution in [0.4, 0.5) is 0 Å². The van der Waals surface area contributed by atoms with Crippen molar-refractivity contribution >= 4 is 22.6 Å². The zero-order valence-corrected chi connectivity index (χ0v) is 21.7. The number of hydrogen-bond acceptors (Lipinski definition) is 4. The molecule has 3 aromatic rings. The van der Waals surface area contributed by atoms with E-state index in [0.717, 1.165) is 43.5 Å². The number of hydrogen-bond donors (Lipinski definition) is 1. The minimum Gasteiger partial charge on any atom is -0.348 e. The van der Waals surface area contributed by atoms with Crippen LogP contribution in [0.1, 0.15) is 69.3 Å². The maximum absolute atomic E-state index is 12.7. The first kappa shape index (κ1) is 22.9. The lowest BCUT2D eigenvalue weighted by atomic mass is 9.47. The second kappa shape index (κ2) is 8.37. The molecule has 1 N–H and O–H groups in total. The Bertz CT molecular complexity index is 1420. The molecule has 2 aromatic heterocycles. The number of nitrogens with one attached hydrogen (secondary N) is 1. The number of aromatic nitrogens is 4. The molecule has 0 unspecified atom stereocenters. The summed E-state index contributed by atoms with van der Waals surface area (Å²) in [5.41, 5.74) is 6.20. The average Bonchev–Trinajstić information content (AvgIpc) is 3.49. The van der Waals surface area contributed by atoms with E-state index in [4.69, 9.17) is 4.98 Å². The van der Waals surface area contributed by atoms with Gasteiger partial charge < -0.3 is 9.88 Å². The maximum Gasteiger partial charge on any atom is 0.270 e. The highest BCUT2D eigenvalue weighted by Gasteiger charge is 2.57. The van der Waals surface area contributed by atoms with Crippen LogP contribution in [-0.2, 0) is 0 Å². The lowest BCUT2D eigenvalue weighted by Gasteiger charge is -2.58. The summed E-state index contributed by atoms with van der Waals surface area (Å²) in [5, 5.41) is 3.25. The Balaban J connectivity index is 1.11. The maximum atomic E-state index is 12.7. The molecule has 2 fully saturated rings. The van der Waals surface area contributed by atoms with Gasteiger partial charge in [0.25, 0.3) is 5.91 Å². The van der Waals surface area contributed by atoms with Gasteiger partial charge in [-0.05, 0) is 86.3 Å². The van der Waals surface area contributed by atoms with Crippen molar-refractivity contribution in [2.24, 2.45) is 28.6 Å². The van der Waals surface area contributed by atoms with Crippen LogP contribution in [0.5, 0.6) is 0 Å². The third-order valence-corrected chi connectivity index (χ3v) is 10.5. The van der Waals surface area contributed by atoms with Crippen molar-refractivity contribution in [3.05, 3.63) is 72.6 Å². The second-order valence-electron chi connectivity index (χ2n) is 12.2. The van der Waals surface area contributed by atoms with Crippen molar-refractivity contribution in [1.29, 1.82) is 0 Å². The van der Waals surface area contributed by atoms with E-state index in [0.29, 0.717) is 17.5 Å². The van der Waals surface area contributed by atoms with Crippen molar-refractivity contribution in [1.82, 2.24) is 24.8 Å². The number of nitrogens with zero attached hydrogens (tertiary/aromatic N) is 4. The Morgan fingerprint density at radius 2 is 1.86 bits per heavy atom. The molecular formula is C31H35N5O. The topological polar surface area (TPSA) is 72.7 Å². The number of para-hydroxylation sites is 2. The fraction of sp³-hybridized carbons (Fsp3) is 0.484. The Morgan fingerprint density at radius 1 is 1.00 bits per heavy atom. The molecule has 0 radical (unpaired) electrons. The summed E-state index contributed by atoms with van der Waals surface area (Å²) < 4.78 is 2.37. The van der Waals surface area contributed by atoms with Gasteiger partial charge in [0, 0.05) is 23.4 Å². The summed E-state index contributed by atoms with van der Waals surface area (Å²) in [5.74, 6) is 2.02. The van der Waals surface area contributed by atoms with Crippen LogP contribution < -0.4 is 5.32 Å². The molecule has 6 heteroatoms. The fourth-order valence-electron chi connectivity index (χ4n) is 8.54. The molecule has 6 atom stereocenters. The molecule has 0 spiro atoms. The van der Waals surface area contributed by atoms with Crippen molar-refractivity contribution in [3.63, 3.8) is 0 Å². The molecule has 2 heterocycles. The van der Waals surface area contributed by atoms with E-state index >= 15 is 0 Å². The van der Waals surface area contributed by atoms with E-state index < -0.39 is 0 Å². The largest absolute Gasteiger partial charge is 0.348 e. The first-order valence-electron chi connectivity index (χ1n) is 13.9. The lowest BCUT2D eigenvalue weighted by molar-refractivity contribution is -0.0136. The van der Waals surface area contributed by atoms with E-state index in [1.165, 1.54) is 30.4 Å². The Morgan fingerprint density at radius 3 is 2.73 bits per heavy atom. The first-order valence-corrected chi connectivity index (χ1v) is 13.9. The summed E-state index contributed by atoms with van der Waals surface area (Å²) in [6, 6.07) is 10.4. The van der Waals surface area contributed by atoms with Gasteiger partial charge in [-0.15, -0.1) is 0 Å². The van der Waals surface area contributed by atoms with Crippen molar-refractivity contribution in [3.8, 4) is 0 Å². The number of carbonyl (C=O) groups excluding carboxylic acids is 1. The van der Waals surface area contributed by atoms with Crippen LogP contribution in [0.25, 0.3) is 16.7 Å². The summed E-state index contributed by atoms with van der Waals surface area (Å²) in [6.07, 6.45) is 18.1. The Kier molecular flexibility index (Phi) is 5.18. The highest BCUT2D eigenvalue weighted by molar-refractivity contribution is 5.92. The average molecular weight is 494 g/mol. The van der Waals surface area contributed by atoms with Crippen molar-refractivity contribution in [2.45, 2.75) is 64.8 Å². The smallest absolute Gasteiger partial charge is 0.270 e. The molecule has 0 saturated heterocycles. The monoisotopic (exact) mass is 493 g/mol. The van der Waals surface area contributed by atoms with Gasteiger partial charge in [-0.2, -0.15) is 0 Å². The Hall–Kier alpha value is -3.28. The van der Waals surface area contributed by atoms with Gasteiger partial charge in [-0.25, -0.2) is 15.0 Å². The SMILES string of the molecule is C[C@]12CC[C@H](NC(=O)c3ccncn3)CC1=CC[C@@H]1[C@@H]2CC[C@]2(C)C(n3cnc4ccccc43)=CC[C@@H]12. The van der Waals surface area contributed by atoms with E-state index in [9.17, 15) is 4.79 Å². The number of amides is 1.